The molecule has 0 unspecified atom stereocenters. The van der Waals surface area contributed by atoms with Crippen LogP contribution in [0.4, 0.5) is 0 Å². The number of hydrogen-bond donors (Lipinski definition) is 0. The Labute approximate surface area is 658 Å². The number of nitrogens with zero attached hydrogens (tertiary/aromatic N) is 6. The normalized spacial score (nSPS) is 13.0. The van der Waals surface area contributed by atoms with Gasteiger partial charge in [0.15, 0.2) is 11.6 Å². The first kappa shape index (κ1) is 65.6. The third-order valence-electron chi connectivity index (χ3n) is 23.5. The summed E-state index contributed by atoms with van der Waals surface area (Å²) in [6, 6.07) is 136. The van der Waals surface area contributed by atoms with E-state index in [0.717, 1.165) is 151 Å². The van der Waals surface area contributed by atoms with E-state index in [1.165, 1.54) is 44.5 Å². The van der Waals surface area contributed by atoms with Gasteiger partial charge in [0, 0.05) is 55.6 Å². The lowest BCUT2D eigenvalue weighted by Gasteiger charge is -2.39. The third-order valence-corrected chi connectivity index (χ3v) is 23.5. The van der Waals surface area contributed by atoms with Crippen LogP contribution in [0.2, 0.25) is 0 Å². The van der Waals surface area contributed by atoms with Gasteiger partial charge in [-0.1, -0.05) is 297 Å². The molecule has 2 aliphatic heterocycles. The van der Waals surface area contributed by atoms with Crippen LogP contribution < -0.4 is 9.47 Å². The topological polar surface area (TPSA) is 118 Å². The molecule has 2 aromatic heterocycles. The maximum atomic E-state index is 11.0. The molecule has 0 saturated carbocycles. The Kier molecular flexibility index (Phi) is 15.0. The van der Waals surface area contributed by atoms with E-state index in [-0.39, 0.29) is 0 Å². The number of hydrogen-bond acceptors (Lipinski definition) is 8. The van der Waals surface area contributed by atoms with Crippen LogP contribution >= 0.6 is 0 Å². The Balaban J connectivity index is 0.655. The largest absolute Gasteiger partial charge is 0.457 e. The Morgan fingerprint density at radius 3 is 1.05 bits per heavy atom. The van der Waals surface area contributed by atoms with Crippen LogP contribution in [-0.4, -0.2) is 19.9 Å². The summed E-state index contributed by atoms with van der Waals surface area (Å²) in [7, 11) is 0. The van der Waals surface area contributed by atoms with Crippen LogP contribution in [0.1, 0.15) is 55.6 Å². The molecule has 0 N–H and O–H groups in total. The van der Waals surface area contributed by atoms with Gasteiger partial charge in [-0.05, 0) is 179 Å². The van der Waals surface area contributed by atoms with Crippen molar-refractivity contribution in [1.82, 2.24) is 19.9 Å². The summed E-state index contributed by atoms with van der Waals surface area (Å²) < 4.78 is 14.7. The number of ether oxygens (including phenoxy) is 2. The minimum Gasteiger partial charge on any atom is -0.457 e. The molecule has 0 fully saturated rings. The van der Waals surface area contributed by atoms with Crippen LogP contribution in [0.25, 0.3) is 145 Å². The van der Waals surface area contributed by atoms with Crippen molar-refractivity contribution < 1.29 is 9.47 Å². The van der Waals surface area contributed by atoms with E-state index < -0.39 is 10.8 Å². The van der Waals surface area contributed by atoms with Crippen molar-refractivity contribution in [1.29, 1.82) is 10.5 Å². The predicted molar refractivity (Wildman–Crippen MR) is 454 cm³/mol. The van der Waals surface area contributed by atoms with Crippen LogP contribution in [0.5, 0.6) is 23.0 Å². The van der Waals surface area contributed by atoms with Crippen molar-refractivity contribution in [2.24, 2.45) is 0 Å². The fraction of sp³-hybridized carbons (Fsp3) is 0.0189. The van der Waals surface area contributed by atoms with E-state index in [2.05, 4.69) is 315 Å². The summed E-state index contributed by atoms with van der Waals surface area (Å²) in [6.07, 6.45) is 0. The smallest absolute Gasteiger partial charge is 0.160 e. The second-order valence-corrected chi connectivity index (χ2v) is 29.7. The minimum atomic E-state index is -0.733. The molecular formula is C106H62N6O2. The second-order valence-electron chi connectivity index (χ2n) is 29.7. The molecule has 4 heterocycles. The number of fused-ring (bicyclic) bond motifs is 19. The Morgan fingerprint density at radius 1 is 0.211 bits per heavy atom. The van der Waals surface area contributed by atoms with Gasteiger partial charge in [-0.2, -0.15) is 10.5 Å². The van der Waals surface area contributed by atoms with Gasteiger partial charge in [-0.25, -0.2) is 19.9 Å². The molecule has 22 rings (SSSR count). The molecule has 2 aliphatic carbocycles. The minimum absolute atomic E-state index is 0.518. The number of benzene rings is 16. The monoisotopic (exact) mass is 1450 g/mol. The molecule has 18 aromatic rings. The number of nitriles is 2. The Morgan fingerprint density at radius 2 is 0.535 bits per heavy atom. The molecule has 8 heteroatoms. The second kappa shape index (κ2) is 26.1. The lowest BCUT2D eigenvalue weighted by Crippen LogP contribution is -2.32. The first-order valence-electron chi connectivity index (χ1n) is 38.3. The Hall–Kier alpha value is -15.5. The maximum Gasteiger partial charge on any atom is 0.160 e. The molecule has 114 heavy (non-hydrogen) atoms. The average molecular weight is 1450 g/mol. The lowest BCUT2D eigenvalue weighted by atomic mass is 9.65. The third kappa shape index (κ3) is 10.4. The summed E-state index contributed by atoms with van der Waals surface area (Å²) in [4.78, 5) is 21.4. The molecule has 0 saturated heterocycles. The zero-order valence-corrected chi connectivity index (χ0v) is 61.3. The summed E-state index contributed by atoms with van der Waals surface area (Å²) in [5.74, 6) is 4.08. The molecule has 0 bridgehead atoms. The highest BCUT2D eigenvalue weighted by Gasteiger charge is 2.53. The highest BCUT2D eigenvalue weighted by atomic mass is 16.5. The van der Waals surface area contributed by atoms with Crippen LogP contribution in [-0.2, 0) is 10.8 Å². The van der Waals surface area contributed by atoms with Crippen molar-refractivity contribution in [3.05, 3.63) is 432 Å². The zero-order chi connectivity index (χ0) is 75.6. The average Bonchev–Trinajstić information content (AvgIpc) is 1.49. The van der Waals surface area contributed by atoms with E-state index in [4.69, 9.17) is 29.4 Å². The summed E-state index contributed by atoms with van der Waals surface area (Å²) in [6.45, 7) is 0. The van der Waals surface area contributed by atoms with Gasteiger partial charge in [-0.3, -0.25) is 0 Å². The first-order valence-corrected chi connectivity index (χ1v) is 38.3. The van der Waals surface area contributed by atoms with Gasteiger partial charge >= 0.3 is 0 Å². The molecular weight excluding hydrogens is 1390 g/mol. The summed E-state index contributed by atoms with van der Waals surface area (Å²) in [5.41, 5.74) is 29.3. The van der Waals surface area contributed by atoms with Gasteiger partial charge in [0.1, 0.15) is 23.0 Å². The van der Waals surface area contributed by atoms with Crippen LogP contribution in [0, 0.1) is 22.7 Å². The standard InChI is InChI=1S/C106H62N6O2/c107-63-65-21-17-28-70(51-65)73-43-47-91-99(57-73)114-102-60-78(46-50-94(102)106(91)89-41-15-11-36-84(89)85-37-12-16-42-90(85)106)104-111-97(62-98(112-104)86-38-20-27-67-22-7-8-33-81(67)86)77-32-19-30-72(55-77)79-52-66(64-108)53-80(56-79)75-45-49-93-101(59-75)113-100-58-74(44-48-92(100)105(93)87-39-13-9-34-82(87)83-35-10-14-40-88(83)105)71-29-18-31-76(54-71)96-61-95(68-23-3-1-4-24-68)109-103(110-96)69-25-5-2-6-26-69/h1-62H. The van der Waals surface area contributed by atoms with Gasteiger partial charge in [0.2, 0.25) is 0 Å². The molecule has 2 spiro atoms. The quantitative estimate of drug-likeness (QED) is 0.133. The Bertz CT molecular complexity index is 7020. The predicted octanol–water partition coefficient (Wildman–Crippen LogP) is 25.8. The molecule has 0 amide bonds. The van der Waals surface area contributed by atoms with Gasteiger partial charge in [0.05, 0.1) is 56.9 Å². The van der Waals surface area contributed by atoms with Crippen molar-refractivity contribution in [3.8, 4) is 170 Å². The fourth-order valence-electron chi connectivity index (χ4n) is 18.4. The van der Waals surface area contributed by atoms with Crippen LogP contribution in [0.3, 0.4) is 0 Å². The summed E-state index contributed by atoms with van der Waals surface area (Å²) >= 11 is 0. The first-order chi connectivity index (χ1) is 56.3. The SMILES string of the molecule is N#Cc1cccc(-c2ccc3c(c2)Oc2cc(-c4nc(-c5cccc(-c6cc(C#N)cc(-c7ccc8c(c7)Oc7cc(-c9cccc(-c%10cc(-c%11ccccc%11)nc(-c%11ccccc%11)n%10)c9)ccc7C87c8ccccc8-c8ccccc87)c6)c5)cc(-c5cccc6ccccc56)n4)ccc2C32c3ccccc3-c3ccccc32)c1. The van der Waals surface area contributed by atoms with Crippen LogP contribution in [0.15, 0.2) is 376 Å². The highest BCUT2D eigenvalue weighted by Crippen LogP contribution is 2.65. The zero-order valence-electron chi connectivity index (χ0n) is 61.3. The summed E-state index contributed by atoms with van der Waals surface area (Å²) in [5, 5.41) is 23.2. The van der Waals surface area contributed by atoms with Gasteiger partial charge in [0.25, 0.3) is 0 Å². The molecule has 0 atom stereocenters. The van der Waals surface area contributed by atoms with E-state index in [9.17, 15) is 10.5 Å². The molecule has 16 aromatic carbocycles. The van der Waals surface area contributed by atoms with Crippen molar-refractivity contribution in [2.45, 2.75) is 10.8 Å². The molecule has 8 nitrogen and oxygen atoms in total. The van der Waals surface area contributed by atoms with Gasteiger partial charge in [-0.15, -0.1) is 0 Å². The molecule has 4 aliphatic rings. The van der Waals surface area contributed by atoms with E-state index in [1.54, 1.807) is 0 Å². The van der Waals surface area contributed by atoms with Crippen molar-refractivity contribution in [2.75, 3.05) is 0 Å². The number of aromatic nitrogens is 4. The fourth-order valence-corrected chi connectivity index (χ4v) is 18.4. The lowest BCUT2D eigenvalue weighted by molar-refractivity contribution is 0.436. The van der Waals surface area contributed by atoms with E-state index >= 15 is 0 Å². The highest BCUT2D eigenvalue weighted by molar-refractivity contribution is 5.98. The van der Waals surface area contributed by atoms with Crippen molar-refractivity contribution in [3.63, 3.8) is 0 Å². The van der Waals surface area contributed by atoms with Crippen molar-refractivity contribution >= 4 is 10.8 Å². The number of rotatable bonds is 10. The molecule has 0 radical (unpaired) electrons. The molecule has 528 valence electrons. The van der Waals surface area contributed by atoms with E-state index in [0.29, 0.717) is 28.5 Å². The maximum absolute atomic E-state index is 11.0. The van der Waals surface area contributed by atoms with E-state index in [1.807, 2.05) is 72.8 Å². The van der Waals surface area contributed by atoms with Gasteiger partial charge < -0.3 is 9.47 Å².